The van der Waals surface area contributed by atoms with Gasteiger partial charge in [0.25, 0.3) is 10.0 Å². The van der Waals surface area contributed by atoms with E-state index in [0.29, 0.717) is 5.69 Å². The van der Waals surface area contributed by atoms with E-state index in [-0.39, 0.29) is 4.90 Å². The maximum absolute atomic E-state index is 12.5. The normalized spacial score (nSPS) is 11.6. The number of hydrogen-bond acceptors (Lipinski definition) is 3. The zero-order valence-electron chi connectivity index (χ0n) is 14.8. The first-order chi connectivity index (χ1) is 13.0. The fourth-order valence-electron chi connectivity index (χ4n) is 3.09. The highest BCUT2D eigenvalue weighted by Crippen LogP contribution is 2.23. The van der Waals surface area contributed by atoms with Gasteiger partial charge < -0.3 is 4.57 Å². The number of sulfonamides is 1. The molecule has 0 spiro atoms. The first-order valence-corrected chi connectivity index (χ1v) is 10.1. The largest absolute Gasteiger partial charge is 0.324 e. The molecule has 5 nitrogen and oxygen atoms in total. The topological polar surface area (TPSA) is 64.0 Å². The van der Waals surface area contributed by atoms with Crippen LogP contribution in [0.1, 0.15) is 11.4 Å². The van der Waals surface area contributed by atoms with E-state index >= 15 is 0 Å². The van der Waals surface area contributed by atoms with E-state index in [1.54, 1.807) is 42.5 Å². The summed E-state index contributed by atoms with van der Waals surface area (Å²) < 4.78 is 29.8. The van der Waals surface area contributed by atoms with Gasteiger partial charge in [-0.2, -0.15) is 0 Å². The van der Waals surface area contributed by atoms with E-state index in [1.165, 1.54) is 5.56 Å². The van der Waals surface area contributed by atoms with Crippen LogP contribution in [-0.4, -0.2) is 18.0 Å². The van der Waals surface area contributed by atoms with Gasteiger partial charge in [0, 0.05) is 6.54 Å². The highest BCUT2D eigenvalue weighted by atomic mass is 32.2. The lowest BCUT2D eigenvalue weighted by atomic mass is 10.2. The molecule has 0 saturated carbocycles. The molecule has 0 fully saturated rings. The molecule has 3 aromatic carbocycles. The summed E-state index contributed by atoms with van der Waals surface area (Å²) in [6, 6.07) is 23.9. The second kappa shape index (κ2) is 6.89. The van der Waals surface area contributed by atoms with Crippen molar-refractivity contribution in [1.29, 1.82) is 0 Å². The van der Waals surface area contributed by atoms with Gasteiger partial charge in [-0.3, -0.25) is 4.72 Å². The summed E-state index contributed by atoms with van der Waals surface area (Å²) in [5, 5.41) is 0. The Morgan fingerprint density at radius 1 is 0.926 bits per heavy atom. The number of rotatable bonds is 5. The number of aromatic nitrogens is 2. The van der Waals surface area contributed by atoms with Crippen LogP contribution in [0.25, 0.3) is 11.0 Å². The fourth-order valence-corrected chi connectivity index (χ4v) is 4.16. The zero-order valence-corrected chi connectivity index (χ0v) is 15.6. The maximum Gasteiger partial charge on any atom is 0.261 e. The lowest BCUT2D eigenvalue weighted by molar-refractivity contribution is 0.601. The summed E-state index contributed by atoms with van der Waals surface area (Å²) >= 11 is 0. The van der Waals surface area contributed by atoms with Gasteiger partial charge in [-0.15, -0.1) is 0 Å². The number of aryl methyl sites for hydroxylation is 1. The highest BCUT2D eigenvalue weighted by molar-refractivity contribution is 7.92. The Morgan fingerprint density at radius 2 is 1.59 bits per heavy atom. The number of nitrogens with zero attached hydrogens (tertiary/aromatic N) is 2. The highest BCUT2D eigenvalue weighted by Gasteiger charge is 2.15. The molecule has 1 aromatic heterocycles. The molecule has 0 saturated heterocycles. The Morgan fingerprint density at radius 3 is 2.30 bits per heavy atom. The van der Waals surface area contributed by atoms with Crippen LogP contribution in [0.4, 0.5) is 5.69 Å². The minimum absolute atomic E-state index is 0.232. The SMILES string of the molecule is Cc1nc2cc(NS(=O)(=O)c3ccccc3)ccc2n1Cc1ccccc1. The Balaban J connectivity index is 1.66. The number of hydrogen-bond donors (Lipinski definition) is 1. The van der Waals surface area contributed by atoms with Crippen LogP contribution in [0.15, 0.2) is 83.8 Å². The average Bonchev–Trinajstić information content (AvgIpc) is 2.97. The molecular weight excluding hydrogens is 358 g/mol. The molecule has 1 N–H and O–H groups in total. The molecule has 27 heavy (non-hydrogen) atoms. The molecule has 0 atom stereocenters. The Hall–Kier alpha value is -3.12. The van der Waals surface area contributed by atoms with E-state index in [0.717, 1.165) is 23.4 Å². The van der Waals surface area contributed by atoms with Crippen LogP contribution in [0, 0.1) is 6.92 Å². The molecule has 0 bridgehead atoms. The summed E-state index contributed by atoms with van der Waals surface area (Å²) in [6.45, 7) is 2.68. The summed E-state index contributed by atoms with van der Waals surface area (Å²) in [7, 11) is -3.62. The third-order valence-electron chi connectivity index (χ3n) is 4.43. The molecule has 0 amide bonds. The van der Waals surface area contributed by atoms with Gasteiger partial charge in [-0.1, -0.05) is 48.5 Å². The molecule has 0 unspecified atom stereocenters. The van der Waals surface area contributed by atoms with Gasteiger partial charge in [0.05, 0.1) is 21.6 Å². The van der Waals surface area contributed by atoms with E-state index in [4.69, 9.17) is 0 Å². The molecule has 0 radical (unpaired) electrons. The molecule has 0 aliphatic rings. The van der Waals surface area contributed by atoms with Crippen molar-refractivity contribution in [2.75, 3.05) is 4.72 Å². The summed E-state index contributed by atoms with van der Waals surface area (Å²) in [6.07, 6.45) is 0. The Kier molecular flexibility index (Phi) is 4.41. The van der Waals surface area contributed by atoms with Crippen molar-refractivity contribution < 1.29 is 8.42 Å². The summed E-state index contributed by atoms with van der Waals surface area (Å²) in [5.74, 6) is 0.886. The minimum Gasteiger partial charge on any atom is -0.324 e. The van der Waals surface area contributed by atoms with E-state index < -0.39 is 10.0 Å². The van der Waals surface area contributed by atoms with Crippen LogP contribution in [0.2, 0.25) is 0 Å². The van der Waals surface area contributed by atoms with Gasteiger partial charge in [0.1, 0.15) is 5.82 Å². The quantitative estimate of drug-likeness (QED) is 0.567. The molecule has 4 aromatic rings. The van der Waals surface area contributed by atoms with Crippen molar-refractivity contribution in [2.24, 2.45) is 0 Å². The molecule has 6 heteroatoms. The van der Waals surface area contributed by atoms with Gasteiger partial charge in [-0.05, 0) is 42.8 Å². The zero-order chi connectivity index (χ0) is 18.9. The van der Waals surface area contributed by atoms with Crippen LogP contribution < -0.4 is 4.72 Å². The Bertz CT molecular complexity index is 1180. The molecular formula is C21H19N3O2S. The molecule has 136 valence electrons. The van der Waals surface area contributed by atoms with Crippen molar-refractivity contribution in [3.63, 3.8) is 0 Å². The minimum atomic E-state index is -3.62. The smallest absolute Gasteiger partial charge is 0.261 e. The molecule has 4 rings (SSSR count). The van der Waals surface area contributed by atoms with Crippen molar-refractivity contribution in [1.82, 2.24) is 9.55 Å². The lowest BCUT2D eigenvalue weighted by Crippen LogP contribution is -2.12. The number of fused-ring (bicyclic) bond motifs is 1. The van der Waals surface area contributed by atoms with Crippen molar-refractivity contribution in [2.45, 2.75) is 18.4 Å². The van der Waals surface area contributed by atoms with Crippen LogP contribution in [0.3, 0.4) is 0 Å². The van der Waals surface area contributed by atoms with Crippen molar-refractivity contribution in [3.05, 3.63) is 90.3 Å². The number of anilines is 1. The van der Waals surface area contributed by atoms with Crippen LogP contribution >= 0.6 is 0 Å². The average molecular weight is 377 g/mol. The fraction of sp³-hybridized carbons (Fsp3) is 0.0952. The standard InChI is InChI=1S/C21H19N3O2S/c1-16-22-20-14-18(23-27(25,26)19-10-6-3-7-11-19)12-13-21(20)24(16)15-17-8-4-2-5-9-17/h2-14,23H,15H2,1H3. The van der Waals surface area contributed by atoms with Crippen molar-refractivity contribution in [3.8, 4) is 0 Å². The Labute approximate surface area is 158 Å². The van der Waals surface area contributed by atoms with Gasteiger partial charge in [0.15, 0.2) is 0 Å². The number of nitrogens with one attached hydrogen (secondary N) is 1. The molecule has 1 heterocycles. The first-order valence-electron chi connectivity index (χ1n) is 8.62. The second-order valence-corrected chi connectivity index (χ2v) is 8.04. The summed E-state index contributed by atoms with van der Waals surface area (Å²) in [4.78, 5) is 4.83. The van der Waals surface area contributed by atoms with E-state index in [9.17, 15) is 8.42 Å². The third kappa shape index (κ3) is 3.57. The maximum atomic E-state index is 12.5. The number of imidazole rings is 1. The van der Waals surface area contributed by atoms with E-state index in [1.807, 2.05) is 31.2 Å². The van der Waals surface area contributed by atoms with Gasteiger partial charge in [0.2, 0.25) is 0 Å². The monoisotopic (exact) mass is 377 g/mol. The van der Waals surface area contributed by atoms with Crippen molar-refractivity contribution >= 4 is 26.7 Å². The predicted molar refractivity (Wildman–Crippen MR) is 107 cm³/mol. The van der Waals surface area contributed by atoms with Crippen LogP contribution in [-0.2, 0) is 16.6 Å². The third-order valence-corrected chi connectivity index (χ3v) is 5.83. The van der Waals surface area contributed by atoms with Crippen LogP contribution in [0.5, 0.6) is 0 Å². The van der Waals surface area contributed by atoms with E-state index in [2.05, 4.69) is 26.4 Å². The number of benzene rings is 3. The molecule has 0 aliphatic heterocycles. The predicted octanol–water partition coefficient (Wildman–Crippen LogP) is 4.19. The van der Waals surface area contributed by atoms with Gasteiger partial charge >= 0.3 is 0 Å². The first kappa shape index (κ1) is 17.3. The van der Waals surface area contributed by atoms with Gasteiger partial charge in [-0.25, -0.2) is 13.4 Å². The second-order valence-electron chi connectivity index (χ2n) is 6.35. The summed E-state index contributed by atoms with van der Waals surface area (Å²) in [5.41, 5.74) is 3.42. The lowest BCUT2D eigenvalue weighted by Gasteiger charge is -2.09. The molecule has 0 aliphatic carbocycles.